The predicted molar refractivity (Wildman–Crippen MR) is 118 cm³/mol. The lowest BCUT2D eigenvalue weighted by Gasteiger charge is -2.27. The number of carbonyl (C=O) groups is 1. The monoisotopic (exact) mass is 437 g/mol. The molecule has 3 atom stereocenters. The molecule has 1 amide bonds. The Kier molecular flexibility index (Phi) is 7.24. The molecule has 1 aliphatic rings. The fourth-order valence-corrected chi connectivity index (χ4v) is 4.14. The van der Waals surface area contributed by atoms with Crippen LogP contribution >= 0.6 is 0 Å². The van der Waals surface area contributed by atoms with Crippen LogP contribution in [0.15, 0.2) is 67.3 Å². The van der Waals surface area contributed by atoms with Crippen molar-refractivity contribution in [3.05, 3.63) is 84.2 Å². The van der Waals surface area contributed by atoms with Crippen LogP contribution in [-0.4, -0.2) is 50.3 Å². The molecule has 1 aromatic heterocycles. The van der Waals surface area contributed by atoms with Crippen LogP contribution in [0.3, 0.4) is 0 Å². The van der Waals surface area contributed by atoms with Crippen molar-refractivity contribution in [3.63, 3.8) is 0 Å². The first-order chi connectivity index (χ1) is 15.6. The number of carbonyl (C=O) groups excluding carboxylic acids is 1. The van der Waals surface area contributed by atoms with E-state index in [4.69, 9.17) is 10.5 Å². The van der Waals surface area contributed by atoms with E-state index >= 15 is 0 Å². The number of aryl methyl sites for hydroxylation is 1. The Bertz CT molecular complexity index is 981. The minimum absolute atomic E-state index is 0.0185. The van der Waals surface area contributed by atoms with Gasteiger partial charge in [-0.25, -0.2) is 4.39 Å². The van der Waals surface area contributed by atoms with Crippen molar-refractivity contribution >= 4 is 5.91 Å². The van der Waals surface area contributed by atoms with Gasteiger partial charge in [-0.3, -0.25) is 4.79 Å². The Morgan fingerprint density at radius 2 is 1.81 bits per heavy atom. The summed E-state index contributed by atoms with van der Waals surface area (Å²) >= 11 is 0. The first-order valence-corrected chi connectivity index (χ1v) is 10.9. The third-order valence-corrected chi connectivity index (χ3v) is 5.86. The van der Waals surface area contributed by atoms with E-state index in [1.54, 1.807) is 24.8 Å². The lowest BCUT2D eigenvalue weighted by atomic mass is 10.0. The van der Waals surface area contributed by atoms with E-state index in [1.165, 1.54) is 12.1 Å². The number of likely N-dealkylation sites (tertiary alicyclic amines) is 1. The number of hydrogen-bond acceptors (Lipinski definition) is 5. The molecule has 0 bridgehead atoms. The third-order valence-electron chi connectivity index (χ3n) is 5.86. The number of rotatable bonds is 9. The van der Waals surface area contributed by atoms with Crippen LogP contribution in [0.1, 0.15) is 24.0 Å². The summed E-state index contributed by atoms with van der Waals surface area (Å²) in [6.07, 6.45) is 5.17. The van der Waals surface area contributed by atoms with Gasteiger partial charge in [0.2, 0.25) is 5.91 Å². The SMILES string of the molecule is N[C@H](Cc1ccc(F)cc1)C(=O)N1C[C@H](OCc2ccccc2)C[C@@H]1CCn1cnnc1. The second kappa shape index (κ2) is 10.5. The second-order valence-electron chi connectivity index (χ2n) is 8.22. The van der Waals surface area contributed by atoms with E-state index in [2.05, 4.69) is 10.2 Å². The van der Waals surface area contributed by atoms with Crippen molar-refractivity contribution < 1.29 is 13.9 Å². The highest BCUT2D eigenvalue weighted by Crippen LogP contribution is 2.25. The van der Waals surface area contributed by atoms with Crippen LogP contribution in [0.2, 0.25) is 0 Å². The van der Waals surface area contributed by atoms with Crippen LogP contribution < -0.4 is 5.73 Å². The van der Waals surface area contributed by atoms with Crippen molar-refractivity contribution in [2.45, 2.75) is 50.6 Å². The number of halogens is 1. The molecule has 4 rings (SSSR count). The van der Waals surface area contributed by atoms with Crippen molar-refractivity contribution in [2.24, 2.45) is 5.73 Å². The van der Waals surface area contributed by atoms with Gasteiger partial charge >= 0.3 is 0 Å². The lowest BCUT2D eigenvalue weighted by molar-refractivity contribution is -0.134. The number of nitrogens with two attached hydrogens (primary N) is 1. The highest BCUT2D eigenvalue weighted by molar-refractivity contribution is 5.82. The summed E-state index contributed by atoms with van der Waals surface area (Å²) in [7, 11) is 0. The minimum Gasteiger partial charge on any atom is -0.372 e. The normalized spacial score (nSPS) is 19.2. The molecule has 3 aromatic rings. The summed E-state index contributed by atoms with van der Waals surface area (Å²) in [4.78, 5) is 15.1. The van der Waals surface area contributed by atoms with Gasteiger partial charge in [0, 0.05) is 19.1 Å². The van der Waals surface area contributed by atoms with Gasteiger partial charge in [-0.2, -0.15) is 0 Å². The molecule has 1 saturated heterocycles. The van der Waals surface area contributed by atoms with Crippen LogP contribution in [-0.2, 0) is 29.1 Å². The molecule has 2 heterocycles. The molecule has 1 fully saturated rings. The molecule has 2 N–H and O–H groups in total. The van der Waals surface area contributed by atoms with E-state index in [1.807, 2.05) is 39.8 Å². The van der Waals surface area contributed by atoms with Crippen LogP contribution in [0.4, 0.5) is 4.39 Å². The summed E-state index contributed by atoms with van der Waals surface area (Å²) in [5.41, 5.74) is 8.22. The van der Waals surface area contributed by atoms with E-state index < -0.39 is 6.04 Å². The standard InChI is InChI=1S/C24H28FN5O2/c25-20-8-6-18(7-9-20)12-23(26)24(31)30-14-22(32-15-19-4-2-1-3-5-19)13-21(30)10-11-29-16-27-28-17-29/h1-9,16-17,21-23H,10-15,26H2/t21-,22+,23+/m0/s1. The molecule has 8 heteroatoms. The van der Waals surface area contributed by atoms with Crippen molar-refractivity contribution in [1.82, 2.24) is 19.7 Å². The molecule has 1 aliphatic heterocycles. The lowest BCUT2D eigenvalue weighted by Crippen LogP contribution is -2.47. The van der Waals surface area contributed by atoms with E-state index in [-0.39, 0.29) is 23.9 Å². The fourth-order valence-electron chi connectivity index (χ4n) is 4.14. The van der Waals surface area contributed by atoms with E-state index in [9.17, 15) is 9.18 Å². The van der Waals surface area contributed by atoms with Gasteiger partial charge in [0.15, 0.2) is 0 Å². The molecule has 7 nitrogen and oxygen atoms in total. The van der Waals surface area contributed by atoms with Gasteiger partial charge in [-0.05, 0) is 42.5 Å². The largest absolute Gasteiger partial charge is 0.372 e. The summed E-state index contributed by atoms with van der Waals surface area (Å²) in [6, 6.07) is 15.4. The van der Waals surface area contributed by atoms with E-state index in [0.717, 1.165) is 24.0 Å². The van der Waals surface area contributed by atoms with Crippen LogP contribution in [0.5, 0.6) is 0 Å². The molecular formula is C24H28FN5O2. The predicted octanol–water partition coefficient (Wildman–Crippen LogP) is 2.56. The smallest absolute Gasteiger partial charge is 0.240 e. The summed E-state index contributed by atoms with van der Waals surface area (Å²) in [6.45, 7) is 1.73. The summed E-state index contributed by atoms with van der Waals surface area (Å²) < 4.78 is 21.2. The Morgan fingerprint density at radius 1 is 1.09 bits per heavy atom. The van der Waals surface area contributed by atoms with Crippen LogP contribution in [0.25, 0.3) is 0 Å². The van der Waals surface area contributed by atoms with Crippen molar-refractivity contribution in [3.8, 4) is 0 Å². The quantitative estimate of drug-likeness (QED) is 0.556. The van der Waals surface area contributed by atoms with Crippen molar-refractivity contribution in [2.75, 3.05) is 6.54 Å². The summed E-state index contributed by atoms with van der Waals surface area (Å²) in [5.74, 6) is -0.408. The van der Waals surface area contributed by atoms with Gasteiger partial charge in [-0.1, -0.05) is 42.5 Å². The highest BCUT2D eigenvalue weighted by Gasteiger charge is 2.37. The topological polar surface area (TPSA) is 86.3 Å². The maximum Gasteiger partial charge on any atom is 0.240 e. The number of benzene rings is 2. The molecule has 2 aromatic carbocycles. The molecule has 0 unspecified atom stereocenters. The average Bonchev–Trinajstić information content (AvgIpc) is 3.48. The molecule has 0 radical (unpaired) electrons. The summed E-state index contributed by atoms with van der Waals surface area (Å²) in [5, 5.41) is 7.68. The Balaban J connectivity index is 1.40. The van der Waals surface area contributed by atoms with Crippen molar-refractivity contribution in [1.29, 1.82) is 0 Å². The highest BCUT2D eigenvalue weighted by atomic mass is 19.1. The maximum absolute atomic E-state index is 13.2. The Labute approximate surface area is 187 Å². The molecule has 0 spiro atoms. The van der Waals surface area contributed by atoms with Gasteiger partial charge in [0.05, 0.1) is 18.8 Å². The van der Waals surface area contributed by atoms with Gasteiger partial charge in [-0.15, -0.1) is 10.2 Å². The number of amides is 1. The zero-order valence-electron chi connectivity index (χ0n) is 17.9. The first kappa shape index (κ1) is 22.1. The van der Waals surface area contributed by atoms with E-state index in [0.29, 0.717) is 26.1 Å². The zero-order chi connectivity index (χ0) is 22.3. The number of aromatic nitrogens is 3. The third kappa shape index (κ3) is 5.77. The molecule has 32 heavy (non-hydrogen) atoms. The average molecular weight is 438 g/mol. The number of nitrogens with zero attached hydrogens (tertiary/aromatic N) is 4. The van der Waals surface area contributed by atoms with Gasteiger partial charge in [0.25, 0.3) is 0 Å². The van der Waals surface area contributed by atoms with Crippen LogP contribution in [0, 0.1) is 5.82 Å². The number of ether oxygens (including phenoxy) is 1. The first-order valence-electron chi connectivity index (χ1n) is 10.9. The Hall–Kier alpha value is -3.10. The number of hydrogen-bond donors (Lipinski definition) is 1. The minimum atomic E-state index is -0.689. The molecular weight excluding hydrogens is 409 g/mol. The van der Waals surface area contributed by atoms with Gasteiger partial charge in [0.1, 0.15) is 18.5 Å². The molecule has 0 aliphatic carbocycles. The van der Waals surface area contributed by atoms with Gasteiger partial charge < -0.3 is 19.9 Å². The molecule has 0 saturated carbocycles. The zero-order valence-corrected chi connectivity index (χ0v) is 17.9. The second-order valence-corrected chi connectivity index (χ2v) is 8.22. The molecule has 168 valence electrons. The fraction of sp³-hybridized carbons (Fsp3) is 0.375. The Morgan fingerprint density at radius 3 is 2.53 bits per heavy atom. The maximum atomic E-state index is 13.2.